The molecule has 1 aromatic heterocycles. The minimum Gasteiger partial charge on any atom is -0.466 e. The molecule has 12 heavy (non-hydrogen) atoms. The van der Waals surface area contributed by atoms with Crippen LogP contribution in [0.5, 0.6) is 0 Å². The van der Waals surface area contributed by atoms with Gasteiger partial charge in [0.25, 0.3) is 0 Å². The summed E-state index contributed by atoms with van der Waals surface area (Å²) in [5.74, 6) is 0.999. The van der Waals surface area contributed by atoms with Crippen molar-refractivity contribution in [2.75, 3.05) is 7.05 Å². The van der Waals surface area contributed by atoms with Gasteiger partial charge in [0.15, 0.2) is 0 Å². The molecule has 0 aliphatic rings. The molecule has 0 saturated heterocycles. The Hall–Kier alpha value is -0.280. The molecule has 0 amide bonds. The van der Waals surface area contributed by atoms with E-state index in [0.717, 1.165) is 23.1 Å². The zero-order chi connectivity index (χ0) is 8.97. The maximum absolute atomic E-state index is 5.36. The number of hydrogen-bond donors (Lipinski definition) is 1. The zero-order valence-electron chi connectivity index (χ0n) is 7.43. The second-order valence-corrected chi connectivity index (χ2v) is 3.62. The molecule has 2 nitrogen and oxygen atoms in total. The van der Waals surface area contributed by atoms with Gasteiger partial charge in [0.2, 0.25) is 0 Å². The molecule has 0 aliphatic heterocycles. The highest BCUT2D eigenvalue weighted by molar-refractivity contribution is 9.10. The molecule has 1 rings (SSSR count). The lowest BCUT2D eigenvalue weighted by atomic mass is 10.1. The Kier molecular flexibility index (Phi) is 3.82. The van der Waals surface area contributed by atoms with E-state index in [1.54, 1.807) is 6.26 Å². The van der Waals surface area contributed by atoms with E-state index in [1.807, 2.05) is 13.1 Å². The van der Waals surface area contributed by atoms with Gasteiger partial charge in [0.05, 0.1) is 16.8 Å². The predicted molar refractivity (Wildman–Crippen MR) is 53.1 cm³/mol. The van der Waals surface area contributed by atoms with Crippen molar-refractivity contribution in [3.63, 3.8) is 0 Å². The molecule has 0 saturated carbocycles. The summed E-state index contributed by atoms with van der Waals surface area (Å²) in [4.78, 5) is 0. The molecular formula is C9H14BrNO. The molecule has 0 aromatic carbocycles. The summed E-state index contributed by atoms with van der Waals surface area (Å²) >= 11 is 3.44. The van der Waals surface area contributed by atoms with Gasteiger partial charge in [-0.05, 0) is 35.5 Å². The molecule has 0 bridgehead atoms. The van der Waals surface area contributed by atoms with Gasteiger partial charge in [-0.25, -0.2) is 0 Å². The van der Waals surface area contributed by atoms with Crippen molar-refractivity contribution in [3.05, 3.63) is 22.6 Å². The van der Waals surface area contributed by atoms with Crippen LogP contribution in [0.1, 0.15) is 31.6 Å². The van der Waals surface area contributed by atoms with Crippen LogP contribution in [0.15, 0.2) is 21.2 Å². The minimum atomic E-state index is 0.333. The second kappa shape index (κ2) is 4.67. The van der Waals surface area contributed by atoms with Gasteiger partial charge < -0.3 is 9.73 Å². The first kappa shape index (κ1) is 9.81. The lowest BCUT2D eigenvalue weighted by molar-refractivity contribution is 0.410. The molecule has 68 valence electrons. The van der Waals surface area contributed by atoms with Crippen molar-refractivity contribution < 1.29 is 4.42 Å². The fourth-order valence-electron chi connectivity index (χ4n) is 1.25. The van der Waals surface area contributed by atoms with Gasteiger partial charge in [-0.15, -0.1) is 0 Å². The molecule has 1 N–H and O–H groups in total. The van der Waals surface area contributed by atoms with Crippen molar-refractivity contribution in [1.82, 2.24) is 5.32 Å². The van der Waals surface area contributed by atoms with Crippen molar-refractivity contribution in [2.24, 2.45) is 0 Å². The summed E-state index contributed by atoms with van der Waals surface area (Å²) in [6, 6.07) is 2.26. The largest absolute Gasteiger partial charge is 0.466 e. The summed E-state index contributed by atoms with van der Waals surface area (Å²) in [6.07, 6.45) is 3.96. The SMILES string of the molecule is CCCC(NC)c1occc1Br. The summed E-state index contributed by atoms with van der Waals surface area (Å²) in [7, 11) is 1.95. The van der Waals surface area contributed by atoms with Crippen molar-refractivity contribution in [3.8, 4) is 0 Å². The van der Waals surface area contributed by atoms with E-state index in [0.29, 0.717) is 6.04 Å². The van der Waals surface area contributed by atoms with Crippen LogP contribution >= 0.6 is 15.9 Å². The van der Waals surface area contributed by atoms with Gasteiger partial charge in [0, 0.05) is 0 Å². The number of furan rings is 1. The van der Waals surface area contributed by atoms with Crippen LogP contribution in [-0.4, -0.2) is 7.05 Å². The summed E-state index contributed by atoms with van der Waals surface area (Å²) < 4.78 is 6.41. The Bertz CT molecular complexity index is 234. The predicted octanol–water partition coefficient (Wildman–Crippen LogP) is 3.10. The standard InChI is InChI=1S/C9H14BrNO/c1-3-4-8(11-2)9-7(10)5-6-12-9/h5-6,8,11H,3-4H2,1-2H3. The smallest absolute Gasteiger partial charge is 0.134 e. The van der Waals surface area contributed by atoms with Gasteiger partial charge in [-0.3, -0.25) is 0 Å². The maximum atomic E-state index is 5.36. The third-order valence-corrected chi connectivity index (χ3v) is 2.54. The highest BCUT2D eigenvalue weighted by atomic mass is 79.9. The monoisotopic (exact) mass is 231 g/mol. The highest BCUT2D eigenvalue weighted by Gasteiger charge is 2.14. The third kappa shape index (κ3) is 2.11. The molecule has 0 aliphatic carbocycles. The fraction of sp³-hybridized carbons (Fsp3) is 0.556. The van der Waals surface area contributed by atoms with Crippen LogP contribution < -0.4 is 5.32 Å². The zero-order valence-corrected chi connectivity index (χ0v) is 9.02. The van der Waals surface area contributed by atoms with Gasteiger partial charge >= 0.3 is 0 Å². The number of halogens is 1. The number of rotatable bonds is 4. The Labute approximate surface area is 81.5 Å². The van der Waals surface area contributed by atoms with Crippen LogP contribution in [0, 0.1) is 0 Å². The van der Waals surface area contributed by atoms with E-state index >= 15 is 0 Å². The molecule has 1 aromatic rings. The van der Waals surface area contributed by atoms with Gasteiger partial charge in [-0.2, -0.15) is 0 Å². The third-order valence-electron chi connectivity index (χ3n) is 1.89. The van der Waals surface area contributed by atoms with E-state index in [-0.39, 0.29) is 0 Å². The average molecular weight is 232 g/mol. The van der Waals surface area contributed by atoms with E-state index in [4.69, 9.17) is 4.42 Å². The van der Waals surface area contributed by atoms with Crippen LogP contribution in [0.25, 0.3) is 0 Å². The van der Waals surface area contributed by atoms with Crippen LogP contribution in [0.3, 0.4) is 0 Å². The second-order valence-electron chi connectivity index (χ2n) is 2.76. The molecule has 1 heterocycles. The first-order valence-corrected chi connectivity index (χ1v) is 4.99. The van der Waals surface area contributed by atoms with E-state index in [9.17, 15) is 0 Å². The molecule has 0 spiro atoms. The molecule has 1 unspecified atom stereocenters. The molecule has 3 heteroatoms. The molecule has 0 radical (unpaired) electrons. The van der Waals surface area contributed by atoms with Gasteiger partial charge in [0.1, 0.15) is 5.76 Å². The average Bonchev–Trinajstić information content (AvgIpc) is 2.47. The van der Waals surface area contributed by atoms with E-state index < -0.39 is 0 Å². The van der Waals surface area contributed by atoms with Crippen molar-refractivity contribution >= 4 is 15.9 Å². The lowest BCUT2D eigenvalue weighted by Crippen LogP contribution is -2.15. The maximum Gasteiger partial charge on any atom is 0.134 e. The van der Waals surface area contributed by atoms with Crippen LogP contribution in [0.2, 0.25) is 0 Å². The minimum absolute atomic E-state index is 0.333. The molecule has 1 atom stereocenters. The fourth-order valence-corrected chi connectivity index (χ4v) is 1.73. The lowest BCUT2D eigenvalue weighted by Gasteiger charge is -2.12. The highest BCUT2D eigenvalue weighted by Crippen LogP contribution is 2.26. The molecular weight excluding hydrogens is 218 g/mol. The number of hydrogen-bond acceptors (Lipinski definition) is 2. The van der Waals surface area contributed by atoms with E-state index in [1.165, 1.54) is 0 Å². The van der Waals surface area contributed by atoms with Crippen molar-refractivity contribution in [2.45, 2.75) is 25.8 Å². The quantitative estimate of drug-likeness (QED) is 0.862. The summed E-state index contributed by atoms with van der Waals surface area (Å²) in [5.41, 5.74) is 0. The Morgan fingerprint density at radius 2 is 2.42 bits per heavy atom. The summed E-state index contributed by atoms with van der Waals surface area (Å²) in [6.45, 7) is 2.17. The van der Waals surface area contributed by atoms with Crippen molar-refractivity contribution in [1.29, 1.82) is 0 Å². The summed E-state index contributed by atoms with van der Waals surface area (Å²) in [5, 5.41) is 3.22. The Balaban J connectivity index is 2.72. The Morgan fingerprint density at radius 3 is 2.83 bits per heavy atom. The van der Waals surface area contributed by atoms with Crippen LogP contribution in [0.4, 0.5) is 0 Å². The van der Waals surface area contributed by atoms with Gasteiger partial charge in [-0.1, -0.05) is 13.3 Å². The van der Waals surface area contributed by atoms with Crippen LogP contribution in [-0.2, 0) is 0 Å². The topological polar surface area (TPSA) is 25.2 Å². The first-order chi connectivity index (χ1) is 5.79. The normalized spacial score (nSPS) is 13.2. The molecule has 0 fully saturated rings. The number of nitrogens with one attached hydrogen (secondary N) is 1. The Morgan fingerprint density at radius 1 is 1.67 bits per heavy atom. The first-order valence-electron chi connectivity index (χ1n) is 4.19. The van der Waals surface area contributed by atoms with E-state index in [2.05, 4.69) is 28.2 Å².